The maximum atomic E-state index is 12.7. The molecule has 0 radical (unpaired) electrons. The zero-order valence-electron chi connectivity index (χ0n) is 13.0. The molecule has 0 fully saturated rings. The van der Waals surface area contributed by atoms with Gasteiger partial charge in [-0.25, -0.2) is 9.37 Å². The highest BCUT2D eigenvalue weighted by Crippen LogP contribution is 2.38. The smallest absolute Gasteiger partial charge is 0.329 e. The molecule has 0 unspecified atom stereocenters. The van der Waals surface area contributed by atoms with E-state index in [2.05, 4.69) is 15.3 Å². The molecule has 0 spiro atoms. The van der Waals surface area contributed by atoms with Gasteiger partial charge < -0.3 is 15.0 Å². The van der Waals surface area contributed by atoms with Crippen molar-refractivity contribution >= 4 is 39.6 Å². The first-order chi connectivity index (χ1) is 11.9. The quantitative estimate of drug-likeness (QED) is 0.405. The standard InChI is InChI=1S/C15H13ClFN5O3/c1-8-9-3-2-4-10(12(9)14(23)21(8)6-5-17)19-13-11(22(24)25)7-18-15(16)20-13/h2-4,7,23H,5-6H2,1H3,(H,18,19,20). The lowest BCUT2D eigenvalue weighted by Crippen LogP contribution is -2.01. The van der Waals surface area contributed by atoms with Crippen molar-refractivity contribution in [1.82, 2.24) is 14.5 Å². The molecule has 3 aromatic rings. The molecule has 8 nitrogen and oxygen atoms in total. The predicted molar refractivity (Wildman–Crippen MR) is 91.3 cm³/mol. The van der Waals surface area contributed by atoms with Gasteiger partial charge in [0.1, 0.15) is 12.9 Å². The van der Waals surface area contributed by atoms with E-state index >= 15 is 0 Å². The monoisotopic (exact) mass is 365 g/mol. The zero-order chi connectivity index (χ0) is 18.1. The number of nitrogens with one attached hydrogen (secondary N) is 1. The van der Waals surface area contributed by atoms with Gasteiger partial charge >= 0.3 is 5.69 Å². The van der Waals surface area contributed by atoms with Crippen LogP contribution in [0.2, 0.25) is 5.28 Å². The molecule has 2 aromatic heterocycles. The Balaban J connectivity index is 2.17. The van der Waals surface area contributed by atoms with Gasteiger partial charge in [0.25, 0.3) is 0 Å². The fourth-order valence-corrected chi connectivity index (χ4v) is 2.84. The number of rotatable bonds is 5. The van der Waals surface area contributed by atoms with E-state index in [1.165, 1.54) is 4.57 Å². The molecule has 2 heterocycles. The Bertz CT molecular complexity index is 975. The molecule has 0 saturated heterocycles. The van der Waals surface area contributed by atoms with Crippen molar-refractivity contribution in [3.63, 3.8) is 0 Å². The van der Waals surface area contributed by atoms with Crippen LogP contribution in [0.1, 0.15) is 5.69 Å². The van der Waals surface area contributed by atoms with Gasteiger partial charge in [-0.1, -0.05) is 12.1 Å². The number of anilines is 2. The van der Waals surface area contributed by atoms with Crippen LogP contribution in [0.5, 0.6) is 5.88 Å². The first-order valence-corrected chi connectivity index (χ1v) is 7.62. The molecule has 0 amide bonds. The van der Waals surface area contributed by atoms with Crippen LogP contribution in [0.15, 0.2) is 24.4 Å². The third-order valence-electron chi connectivity index (χ3n) is 3.84. The number of alkyl halides is 1. The Morgan fingerprint density at radius 1 is 1.48 bits per heavy atom. The number of hydrogen-bond donors (Lipinski definition) is 2. The highest BCUT2D eigenvalue weighted by Gasteiger charge is 2.21. The number of aromatic nitrogens is 3. The van der Waals surface area contributed by atoms with E-state index in [-0.39, 0.29) is 29.2 Å². The second-order valence-corrected chi connectivity index (χ2v) is 5.57. The Morgan fingerprint density at radius 3 is 2.92 bits per heavy atom. The van der Waals surface area contributed by atoms with Gasteiger partial charge in [-0.15, -0.1) is 0 Å². The SMILES string of the molecule is Cc1c2cccc(Nc3nc(Cl)ncc3[N+](=O)[O-])c2c(O)n1CCF. The van der Waals surface area contributed by atoms with Crippen LogP contribution in [0.25, 0.3) is 10.8 Å². The summed E-state index contributed by atoms with van der Waals surface area (Å²) in [6.45, 7) is 1.13. The van der Waals surface area contributed by atoms with Crippen LogP contribution in [0, 0.1) is 17.0 Å². The fraction of sp³-hybridized carbons (Fsp3) is 0.200. The number of benzene rings is 1. The molecule has 2 N–H and O–H groups in total. The Hall–Kier alpha value is -2.94. The van der Waals surface area contributed by atoms with Crippen molar-refractivity contribution < 1.29 is 14.4 Å². The summed E-state index contributed by atoms with van der Waals surface area (Å²) in [7, 11) is 0. The number of aryl methyl sites for hydroxylation is 1. The van der Waals surface area contributed by atoms with Crippen LogP contribution in [0.4, 0.5) is 21.6 Å². The Kier molecular flexibility index (Phi) is 4.41. The number of nitrogens with zero attached hydrogens (tertiary/aromatic N) is 4. The molecule has 1 aromatic carbocycles. The zero-order valence-corrected chi connectivity index (χ0v) is 13.8. The number of halogens is 2. The second kappa shape index (κ2) is 6.52. The molecule has 0 saturated carbocycles. The lowest BCUT2D eigenvalue weighted by atomic mass is 10.1. The highest BCUT2D eigenvalue weighted by atomic mass is 35.5. The first kappa shape index (κ1) is 16.9. The van der Waals surface area contributed by atoms with Crippen molar-refractivity contribution in [2.75, 3.05) is 12.0 Å². The van der Waals surface area contributed by atoms with E-state index in [0.29, 0.717) is 22.2 Å². The summed E-state index contributed by atoms with van der Waals surface area (Å²) in [6, 6.07) is 5.11. The van der Waals surface area contributed by atoms with Crippen molar-refractivity contribution in [3.05, 3.63) is 45.5 Å². The Labute approximate surface area is 146 Å². The largest absolute Gasteiger partial charge is 0.494 e. The number of nitro groups is 1. The molecule has 0 atom stereocenters. The van der Waals surface area contributed by atoms with Gasteiger partial charge in [-0.05, 0) is 24.6 Å². The normalized spacial score (nSPS) is 11.0. The maximum absolute atomic E-state index is 12.7. The summed E-state index contributed by atoms with van der Waals surface area (Å²) in [5.41, 5.74) is 0.707. The van der Waals surface area contributed by atoms with Crippen LogP contribution >= 0.6 is 11.6 Å². The summed E-state index contributed by atoms with van der Waals surface area (Å²) < 4.78 is 14.2. The van der Waals surface area contributed by atoms with Crippen LogP contribution in [-0.2, 0) is 6.54 Å². The van der Waals surface area contributed by atoms with Crippen LogP contribution in [0.3, 0.4) is 0 Å². The number of fused-ring (bicyclic) bond motifs is 1. The van der Waals surface area contributed by atoms with E-state index in [1.807, 2.05) is 0 Å². The minimum Gasteiger partial charge on any atom is -0.494 e. The third-order valence-corrected chi connectivity index (χ3v) is 4.02. The van der Waals surface area contributed by atoms with E-state index in [0.717, 1.165) is 6.20 Å². The molecule has 25 heavy (non-hydrogen) atoms. The summed E-state index contributed by atoms with van der Waals surface area (Å²) >= 11 is 5.73. The van der Waals surface area contributed by atoms with Gasteiger partial charge in [0.05, 0.1) is 22.5 Å². The molecular formula is C15H13ClFN5O3. The van der Waals surface area contributed by atoms with Crippen LogP contribution in [-0.4, -0.2) is 31.2 Å². The maximum Gasteiger partial charge on any atom is 0.329 e. The van der Waals surface area contributed by atoms with Crippen molar-refractivity contribution in [2.45, 2.75) is 13.5 Å². The molecule has 10 heteroatoms. The van der Waals surface area contributed by atoms with Gasteiger partial charge in [0.15, 0.2) is 0 Å². The first-order valence-electron chi connectivity index (χ1n) is 7.24. The van der Waals surface area contributed by atoms with E-state index in [1.54, 1.807) is 25.1 Å². The van der Waals surface area contributed by atoms with Gasteiger partial charge in [0.2, 0.25) is 17.0 Å². The van der Waals surface area contributed by atoms with Crippen molar-refractivity contribution in [3.8, 4) is 5.88 Å². The molecular weight excluding hydrogens is 353 g/mol. The summed E-state index contributed by atoms with van der Waals surface area (Å²) in [6.07, 6.45) is 0.997. The average Bonchev–Trinajstić information content (AvgIpc) is 2.81. The Morgan fingerprint density at radius 2 is 2.24 bits per heavy atom. The summed E-state index contributed by atoms with van der Waals surface area (Å²) in [5, 5.41) is 25.4. The molecule has 0 aliphatic heterocycles. The lowest BCUT2D eigenvalue weighted by molar-refractivity contribution is -0.384. The lowest BCUT2D eigenvalue weighted by Gasteiger charge is -2.08. The second-order valence-electron chi connectivity index (χ2n) is 5.23. The molecule has 130 valence electrons. The van der Waals surface area contributed by atoms with Crippen molar-refractivity contribution in [2.24, 2.45) is 0 Å². The number of hydrogen-bond acceptors (Lipinski definition) is 6. The van der Waals surface area contributed by atoms with Crippen LogP contribution < -0.4 is 5.32 Å². The third kappa shape index (κ3) is 2.93. The molecule has 3 rings (SSSR count). The summed E-state index contributed by atoms with van der Waals surface area (Å²) in [5.74, 6) is -0.233. The number of aromatic hydroxyl groups is 1. The minimum atomic E-state index is -0.641. The van der Waals surface area contributed by atoms with Crippen molar-refractivity contribution in [1.29, 1.82) is 0 Å². The van der Waals surface area contributed by atoms with E-state index < -0.39 is 11.6 Å². The minimum absolute atomic E-state index is 0.00523. The summed E-state index contributed by atoms with van der Waals surface area (Å²) in [4.78, 5) is 18.0. The van der Waals surface area contributed by atoms with E-state index in [9.17, 15) is 19.6 Å². The topological polar surface area (TPSA) is 106 Å². The highest BCUT2D eigenvalue weighted by molar-refractivity contribution is 6.28. The van der Waals surface area contributed by atoms with Gasteiger partial charge in [-0.3, -0.25) is 10.1 Å². The molecule has 0 aliphatic rings. The molecule has 0 bridgehead atoms. The van der Waals surface area contributed by atoms with E-state index in [4.69, 9.17) is 11.6 Å². The average molecular weight is 366 g/mol. The molecule has 0 aliphatic carbocycles. The van der Waals surface area contributed by atoms with Gasteiger partial charge in [-0.2, -0.15) is 4.98 Å². The predicted octanol–water partition coefficient (Wildman–Crippen LogP) is 3.72. The fourth-order valence-electron chi connectivity index (χ4n) is 2.70. The van der Waals surface area contributed by atoms with Gasteiger partial charge in [0, 0.05) is 11.1 Å².